The third-order valence-corrected chi connectivity index (χ3v) is 8.38. The van der Waals surface area contributed by atoms with Crippen LogP contribution in [0.1, 0.15) is 43.3 Å². The molecule has 0 aliphatic carbocycles. The third-order valence-electron chi connectivity index (χ3n) is 8.38. The van der Waals surface area contributed by atoms with Crippen LogP contribution in [0.15, 0.2) is 70.3 Å². The molecule has 0 saturated carbocycles. The van der Waals surface area contributed by atoms with Crippen molar-refractivity contribution in [1.82, 2.24) is 28.5 Å². The number of benzene rings is 2. The van der Waals surface area contributed by atoms with E-state index in [4.69, 9.17) is 15.2 Å². The molecule has 4 aromatic rings. The van der Waals surface area contributed by atoms with Gasteiger partial charge in [0.2, 0.25) is 0 Å². The van der Waals surface area contributed by atoms with E-state index in [0.717, 1.165) is 56.1 Å². The van der Waals surface area contributed by atoms with Crippen molar-refractivity contribution in [2.75, 3.05) is 32.7 Å². The molecule has 0 radical (unpaired) electrons. The summed E-state index contributed by atoms with van der Waals surface area (Å²) in [4.78, 5) is 54.4. The van der Waals surface area contributed by atoms with Crippen molar-refractivity contribution in [3.63, 3.8) is 0 Å². The molecule has 2 aromatic heterocycles. The highest BCUT2D eigenvalue weighted by molar-refractivity contribution is 5.89. The first-order valence-electron chi connectivity index (χ1n) is 16.0. The second-order valence-corrected chi connectivity index (χ2v) is 12.4. The van der Waals surface area contributed by atoms with Crippen molar-refractivity contribution in [3.8, 4) is 0 Å². The number of hydrogen-bond donors (Lipinski definition) is 2. The molecule has 49 heavy (non-hydrogen) atoms. The van der Waals surface area contributed by atoms with E-state index in [2.05, 4.69) is 9.80 Å². The van der Waals surface area contributed by atoms with E-state index < -0.39 is 11.9 Å². The fourth-order valence-corrected chi connectivity index (χ4v) is 5.98. The molecular formula is C35H42F2N6O6. The van der Waals surface area contributed by atoms with Gasteiger partial charge >= 0.3 is 17.6 Å². The first kappa shape index (κ1) is 36.9. The first-order valence-corrected chi connectivity index (χ1v) is 16.0. The van der Waals surface area contributed by atoms with Gasteiger partial charge in [0.05, 0.1) is 6.04 Å². The highest BCUT2D eigenvalue weighted by Crippen LogP contribution is 2.30. The Morgan fingerprint density at radius 1 is 0.837 bits per heavy atom. The lowest BCUT2D eigenvalue weighted by Gasteiger charge is -2.39. The smallest absolute Gasteiger partial charge is 0.332 e. The van der Waals surface area contributed by atoms with E-state index in [-0.39, 0.29) is 34.8 Å². The van der Waals surface area contributed by atoms with Gasteiger partial charge < -0.3 is 19.7 Å². The minimum absolute atomic E-state index is 0.0793. The minimum Gasteiger partial charge on any atom is -0.478 e. The van der Waals surface area contributed by atoms with Crippen LogP contribution >= 0.6 is 0 Å². The van der Waals surface area contributed by atoms with Crippen LogP contribution in [0.5, 0.6) is 0 Å². The fraction of sp³-hybridized carbons (Fsp3) is 0.400. The molecule has 3 heterocycles. The van der Waals surface area contributed by atoms with E-state index in [1.807, 2.05) is 25.5 Å². The molecule has 0 atom stereocenters. The molecule has 0 unspecified atom stereocenters. The van der Waals surface area contributed by atoms with Crippen molar-refractivity contribution in [2.45, 2.75) is 39.3 Å². The van der Waals surface area contributed by atoms with Gasteiger partial charge in [0, 0.05) is 65.4 Å². The Kier molecular flexibility index (Phi) is 12.4. The second kappa shape index (κ2) is 16.4. The van der Waals surface area contributed by atoms with Gasteiger partial charge in [-0.25, -0.2) is 28.1 Å². The number of halogens is 2. The molecule has 12 nitrogen and oxygen atoms in total. The topological polar surface area (TPSA) is 143 Å². The molecule has 14 heteroatoms. The number of aromatic nitrogens is 4. The number of aryl methyl sites for hydroxylation is 2. The van der Waals surface area contributed by atoms with Crippen LogP contribution in [0.2, 0.25) is 0 Å². The van der Waals surface area contributed by atoms with Crippen molar-refractivity contribution >= 4 is 23.1 Å². The molecule has 2 aromatic carbocycles. The predicted octanol–water partition coefficient (Wildman–Crippen LogP) is 3.42. The summed E-state index contributed by atoms with van der Waals surface area (Å²) in [6.07, 6.45) is 2.67. The number of carbonyl (C=O) groups is 2. The standard InChI is InChI=1S/C31H38F2N6O2.C4H4O4/c1-21(2)20-39-29-28(30(40)36(4)31(39)41)35(3)26(34-29)6-5-15-37-16-18-38(19-17-37)27(22-7-11-24(32)12-8-22)23-9-13-25(33)14-10-23;5-3(6)1-2-4(7)8/h7-14,21,27H,5-6,15-20H2,1-4H3;1-2H,(H,5,6)(H,7,8)/b;2-1+. The second-order valence-electron chi connectivity index (χ2n) is 12.4. The summed E-state index contributed by atoms with van der Waals surface area (Å²) < 4.78 is 31.9. The molecule has 0 spiro atoms. The van der Waals surface area contributed by atoms with Crippen LogP contribution < -0.4 is 11.2 Å². The maximum absolute atomic E-state index is 13.6. The molecular weight excluding hydrogens is 638 g/mol. The molecule has 262 valence electrons. The maximum atomic E-state index is 13.6. The van der Waals surface area contributed by atoms with E-state index in [0.29, 0.717) is 36.3 Å². The van der Waals surface area contributed by atoms with Crippen LogP contribution in [0.25, 0.3) is 11.2 Å². The Labute approximate surface area is 282 Å². The molecule has 1 saturated heterocycles. The number of imidazole rings is 1. The molecule has 5 rings (SSSR count). The van der Waals surface area contributed by atoms with Crippen LogP contribution in [0, 0.1) is 17.6 Å². The fourth-order valence-electron chi connectivity index (χ4n) is 5.98. The lowest BCUT2D eigenvalue weighted by Crippen LogP contribution is -2.48. The zero-order valence-electron chi connectivity index (χ0n) is 28.1. The van der Waals surface area contributed by atoms with E-state index in [1.54, 1.807) is 28.8 Å². The van der Waals surface area contributed by atoms with Gasteiger partial charge in [-0.15, -0.1) is 0 Å². The zero-order chi connectivity index (χ0) is 35.8. The Balaban J connectivity index is 0.000000603. The van der Waals surface area contributed by atoms with E-state index in [1.165, 1.54) is 35.9 Å². The van der Waals surface area contributed by atoms with Crippen molar-refractivity contribution in [2.24, 2.45) is 20.0 Å². The minimum atomic E-state index is -1.26. The summed E-state index contributed by atoms with van der Waals surface area (Å²) in [5.74, 6) is -2.03. The predicted molar refractivity (Wildman–Crippen MR) is 180 cm³/mol. The van der Waals surface area contributed by atoms with Crippen molar-refractivity contribution in [3.05, 3.63) is 110 Å². The molecule has 0 bridgehead atoms. The van der Waals surface area contributed by atoms with Gasteiger partial charge in [0.15, 0.2) is 11.2 Å². The number of piperazine rings is 1. The van der Waals surface area contributed by atoms with Crippen molar-refractivity contribution < 1.29 is 28.6 Å². The summed E-state index contributed by atoms with van der Waals surface area (Å²) >= 11 is 0. The summed E-state index contributed by atoms with van der Waals surface area (Å²) in [7, 11) is 3.37. The Hall–Kier alpha value is -4.95. The first-order chi connectivity index (χ1) is 23.3. The summed E-state index contributed by atoms with van der Waals surface area (Å²) in [6.45, 7) is 8.84. The number of fused-ring (bicyclic) bond motifs is 1. The molecule has 1 fully saturated rings. The summed E-state index contributed by atoms with van der Waals surface area (Å²) in [6, 6.07) is 13.0. The van der Waals surface area contributed by atoms with E-state index in [9.17, 15) is 28.0 Å². The third kappa shape index (κ3) is 9.36. The lowest BCUT2D eigenvalue weighted by atomic mass is 9.96. The monoisotopic (exact) mass is 680 g/mol. The van der Waals surface area contributed by atoms with Crippen molar-refractivity contribution in [1.29, 1.82) is 0 Å². The average molecular weight is 681 g/mol. The quantitative estimate of drug-likeness (QED) is 0.228. The molecule has 0 amide bonds. The molecule has 1 aliphatic heterocycles. The molecule has 2 N–H and O–H groups in total. The number of nitrogens with zero attached hydrogens (tertiary/aromatic N) is 6. The van der Waals surface area contributed by atoms with Gasteiger partial charge in [0.25, 0.3) is 5.56 Å². The van der Waals surface area contributed by atoms with Gasteiger partial charge in [-0.1, -0.05) is 38.1 Å². The Morgan fingerprint density at radius 3 is 1.82 bits per heavy atom. The van der Waals surface area contributed by atoms with E-state index >= 15 is 0 Å². The van der Waals surface area contributed by atoms with Crippen LogP contribution in [-0.4, -0.2) is 83.4 Å². The zero-order valence-corrected chi connectivity index (χ0v) is 28.1. The Morgan fingerprint density at radius 2 is 1.35 bits per heavy atom. The normalized spacial score (nSPS) is 14.1. The summed E-state index contributed by atoms with van der Waals surface area (Å²) in [5, 5.41) is 15.6. The number of carboxylic acid groups (broad SMARTS) is 2. The lowest BCUT2D eigenvalue weighted by molar-refractivity contribution is -0.134. The largest absolute Gasteiger partial charge is 0.478 e. The Bertz CT molecular complexity index is 1850. The number of aliphatic carboxylic acids is 2. The van der Waals surface area contributed by atoms with Gasteiger partial charge in [0.1, 0.15) is 17.5 Å². The van der Waals surface area contributed by atoms with Crippen LogP contribution in [0.4, 0.5) is 8.78 Å². The average Bonchev–Trinajstić information content (AvgIpc) is 3.39. The summed E-state index contributed by atoms with van der Waals surface area (Å²) in [5.41, 5.74) is 2.23. The molecule has 1 aliphatic rings. The van der Waals surface area contributed by atoms with Crippen LogP contribution in [0.3, 0.4) is 0 Å². The number of rotatable bonds is 11. The highest BCUT2D eigenvalue weighted by Gasteiger charge is 2.27. The number of hydrogen-bond acceptors (Lipinski definition) is 7. The number of carboxylic acids is 2. The van der Waals surface area contributed by atoms with Gasteiger partial charge in [-0.3, -0.25) is 18.8 Å². The van der Waals surface area contributed by atoms with Gasteiger partial charge in [-0.2, -0.15) is 0 Å². The maximum Gasteiger partial charge on any atom is 0.332 e. The highest BCUT2D eigenvalue weighted by atomic mass is 19.1. The van der Waals surface area contributed by atoms with Gasteiger partial charge in [-0.05, 0) is 54.3 Å². The van der Waals surface area contributed by atoms with Crippen LogP contribution in [-0.2, 0) is 36.6 Å². The SMILES string of the molecule is CC(C)Cn1c(=O)n(C)c(=O)c2c1nc(CCCN1CCN(C(c3ccc(F)cc3)c3ccc(F)cc3)CC1)n2C.O=C(O)/C=C/C(=O)O.